The molecule has 172 valence electrons. The molecular formula is C28H31BrN2O2. The summed E-state index contributed by atoms with van der Waals surface area (Å²) < 4.78 is 0.944. The number of halogens is 1. The summed E-state index contributed by atoms with van der Waals surface area (Å²) in [6.07, 6.45) is 0.705. The van der Waals surface area contributed by atoms with Gasteiger partial charge in [-0.3, -0.25) is 9.59 Å². The summed E-state index contributed by atoms with van der Waals surface area (Å²) in [5, 5.41) is 3.06. The molecule has 0 radical (unpaired) electrons. The fourth-order valence-corrected chi connectivity index (χ4v) is 4.13. The molecular weight excluding hydrogens is 476 g/mol. The SMILES string of the molecule is CC(C)CNC(=O)[C@@H](Cc1ccccc1)N(Cc1cccc(Br)c1)C(=O)Cc1ccccc1. The van der Waals surface area contributed by atoms with Gasteiger partial charge < -0.3 is 10.2 Å². The van der Waals surface area contributed by atoms with Crippen molar-refractivity contribution < 1.29 is 9.59 Å². The highest BCUT2D eigenvalue weighted by Crippen LogP contribution is 2.19. The van der Waals surface area contributed by atoms with Crippen LogP contribution in [0.4, 0.5) is 0 Å². The topological polar surface area (TPSA) is 49.4 Å². The van der Waals surface area contributed by atoms with Crippen LogP contribution in [0.5, 0.6) is 0 Å². The third kappa shape index (κ3) is 7.86. The molecule has 0 saturated carbocycles. The summed E-state index contributed by atoms with van der Waals surface area (Å²) in [4.78, 5) is 28.7. The molecule has 0 unspecified atom stereocenters. The fourth-order valence-electron chi connectivity index (χ4n) is 3.68. The van der Waals surface area contributed by atoms with E-state index in [-0.39, 0.29) is 18.2 Å². The van der Waals surface area contributed by atoms with Crippen molar-refractivity contribution in [3.8, 4) is 0 Å². The van der Waals surface area contributed by atoms with Crippen LogP contribution in [0, 0.1) is 5.92 Å². The second-order valence-electron chi connectivity index (χ2n) is 8.66. The van der Waals surface area contributed by atoms with Crippen molar-refractivity contribution in [3.63, 3.8) is 0 Å². The normalized spacial score (nSPS) is 11.8. The van der Waals surface area contributed by atoms with E-state index >= 15 is 0 Å². The molecule has 5 heteroatoms. The maximum absolute atomic E-state index is 13.6. The molecule has 3 aromatic rings. The fraction of sp³-hybridized carbons (Fsp3) is 0.286. The van der Waals surface area contributed by atoms with Gasteiger partial charge in [0.2, 0.25) is 11.8 Å². The molecule has 1 atom stereocenters. The number of rotatable bonds is 10. The third-order valence-corrected chi connectivity index (χ3v) is 5.89. The smallest absolute Gasteiger partial charge is 0.243 e. The number of hydrogen-bond acceptors (Lipinski definition) is 2. The van der Waals surface area contributed by atoms with Gasteiger partial charge in [-0.15, -0.1) is 0 Å². The van der Waals surface area contributed by atoms with Crippen LogP contribution in [0.25, 0.3) is 0 Å². The van der Waals surface area contributed by atoms with Gasteiger partial charge in [0.05, 0.1) is 6.42 Å². The molecule has 33 heavy (non-hydrogen) atoms. The zero-order valence-electron chi connectivity index (χ0n) is 19.2. The van der Waals surface area contributed by atoms with Crippen molar-refractivity contribution in [2.24, 2.45) is 5.92 Å². The Morgan fingerprint density at radius 1 is 0.848 bits per heavy atom. The van der Waals surface area contributed by atoms with Crippen LogP contribution >= 0.6 is 15.9 Å². The Morgan fingerprint density at radius 3 is 2.06 bits per heavy atom. The van der Waals surface area contributed by atoms with Crippen LogP contribution in [0.3, 0.4) is 0 Å². The first kappa shape index (κ1) is 24.7. The zero-order valence-corrected chi connectivity index (χ0v) is 20.8. The van der Waals surface area contributed by atoms with Gasteiger partial charge in [0.25, 0.3) is 0 Å². The van der Waals surface area contributed by atoms with E-state index < -0.39 is 6.04 Å². The maximum Gasteiger partial charge on any atom is 0.243 e. The van der Waals surface area contributed by atoms with Crippen LogP contribution in [-0.2, 0) is 29.0 Å². The Kier molecular flexibility index (Phi) is 9.25. The molecule has 0 spiro atoms. The Morgan fingerprint density at radius 2 is 1.45 bits per heavy atom. The monoisotopic (exact) mass is 506 g/mol. The van der Waals surface area contributed by atoms with Crippen LogP contribution in [0.2, 0.25) is 0 Å². The number of nitrogens with one attached hydrogen (secondary N) is 1. The van der Waals surface area contributed by atoms with Gasteiger partial charge in [-0.25, -0.2) is 0 Å². The first-order chi connectivity index (χ1) is 15.9. The van der Waals surface area contributed by atoms with Crippen molar-refractivity contribution >= 4 is 27.7 Å². The summed E-state index contributed by atoms with van der Waals surface area (Å²) in [6, 6.07) is 26.8. The molecule has 0 heterocycles. The van der Waals surface area contributed by atoms with Gasteiger partial charge in [-0.1, -0.05) is 103 Å². The first-order valence-electron chi connectivity index (χ1n) is 11.3. The quantitative estimate of drug-likeness (QED) is 0.399. The van der Waals surface area contributed by atoms with Crippen molar-refractivity contribution in [3.05, 3.63) is 106 Å². The van der Waals surface area contributed by atoms with Gasteiger partial charge in [-0.2, -0.15) is 0 Å². The Hall–Kier alpha value is -2.92. The summed E-state index contributed by atoms with van der Waals surface area (Å²) in [6.45, 7) is 5.05. The molecule has 3 aromatic carbocycles. The van der Waals surface area contributed by atoms with Gasteiger partial charge >= 0.3 is 0 Å². The van der Waals surface area contributed by atoms with Crippen molar-refractivity contribution in [2.75, 3.05) is 6.54 Å². The first-order valence-corrected chi connectivity index (χ1v) is 12.1. The molecule has 0 saturated heterocycles. The predicted molar refractivity (Wildman–Crippen MR) is 137 cm³/mol. The van der Waals surface area contributed by atoms with Crippen LogP contribution in [0.1, 0.15) is 30.5 Å². The Bertz CT molecular complexity index is 1040. The number of nitrogens with zero attached hydrogens (tertiary/aromatic N) is 1. The summed E-state index contributed by atoms with van der Waals surface area (Å²) >= 11 is 3.52. The van der Waals surface area contributed by atoms with Crippen LogP contribution in [0.15, 0.2) is 89.4 Å². The van der Waals surface area contributed by atoms with E-state index in [0.29, 0.717) is 25.4 Å². The lowest BCUT2D eigenvalue weighted by molar-refractivity contribution is -0.140. The molecule has 0 aromatic heterocycles. The highest BCUT2D eigenvalue weighted by Gasteiger charge is 2.30. The lowest BCUT2D eigenvalue weighted by Crippen LogP contribution is -2.51. The minimum Gasteiger partial charge on any atom is -0.354 e. The highest BCUT2D eigenvalue weighted by molar-refractivity contribution is 9.10. The molecule has 4 nitrogen and oxygen atoms in total. The standard InChI is InChI=1S/C28H31BrN2O2/c1-21(2)19-30-28(33)26(17-22-10-5-3-6-11-22)31(20-24-14-9-15-25(29)16-24)27(32)18-23-12-7-4-8-13-23/h3-16,21,26H,17-20H2,1-2H3,(H,30,33)/t26-/m1/s1. The minimum absolute atomic E-state index is 0.0678. The van der Waals surface area contributed by atoms with Gasteiger partial charge in [0.1, 0.15) is 6.04 Å². The average molecular weight is 507 g/mol. The molecule has 0 aliphatic rings. The second-order valence-corrected chi connectivity index (χ2v) is 9.57. The average Bonchev–Trinajstić information content (AvgIpc) is 2.81. The van der Waals surface area contributed by atoms with E-state index in [4.69, 9.17) is 0 Å². The molecule has 0 aliphatic heterocycles. The zero-order chi connectivity index (χ0) is 23.6. The number of amides is 2. The number of hydrogen-bond donors (Lipinski definition) is 1. The summed E-state index contributed by atoms with van der Waals surface area (Å²) in [7, 11) is 0. The number of benzene rings is 3. The van der Waals surface area contributed by atoms with E-state index in [1.807, 2.05) is 84.9 Å². The predicted octanol–water partition coefficient (Wildman–Crippen LogP) is 5.40. The largest absolute Gasteiger partial charge is 0.354 e. The summed E-state index contributed by atoms with van der Waals surface area (Å²) in [5.74, 6) is 0.135. The minimum atomic E-state index is -0.610. The molecule has 0 bridgehead atoms. The number of carbonyl (C=O) groups is 2. The van der Waals surface area contributed by atoms with Crippen molar-refractivity contribution in [1.82, 2.24) is 10.2 Å². The van der Waals surface area contributed by atoms with E-state index in [0.717, 1.165) is 21.2 Å². The van der Waals surface area contributed by atoms with E-state index in [2.05, 4.69) is 35.1 Å². The van der Waals surface area contributed by atoms with E-state index in [1.165, 1.54) is 0 Å². The van der Waals surface area contributed by atoms with Crippen LogP contribution in [-0.4, -0.2) is 29.3 Å². The number of carbonyl (C=O) groups excluding carboxylic acids is 2. The Labute approximate surface area is 205 Å². The highest BCUT2D eigenvalue weighted by atomic mass is 79.9. The van der Waals surface area contributed by atoms with Crippen LogP contribution < -0.4 is 5.32 Å². The molecule has 1 N–H and O–H groups in total. The van der Waals surface area contributed by atoms with Gasteiger partial charge in [0.15, 0.2) is 0 Å². The second kappa shape index (κ2) is 12.4. The lowest BCUT2D eigenvalue weighted by atomic mass is 10.0. The van der Waals surface area contributed by atoms with Gasteiger partial charge in [0, 0.05) is 24.0 Å². The van der Waals surface area contributed by atoms with Crippen molar-refractivity contribution in [2.45, 2.75) is 39.3 Å². The maximum atomic E-state index is 13.6. The molecule has 3 rings (SSSR count). The Balaban J connectivity index is 1.94. The van der Waals surface area contributed by atoms with Crippen molar-refractivity contribution in [1.29, 1.82) is 0 Å². The van der Waals surface area contributed by atoms with E-state index in [1.54, 1.807) is 4.90 Å². The van der Waals surface area contributed by atoms with Gasteiger partial charge in [-0.05, 0) is 34.7 Å². The molecule has 2 amide bonds. The third-order valence-electron chi connectivity index (χ3n) is 5.40. The lowest BCUT2D eigenvalue weighted by Gasteiger charge is -2.32. The molecule has 0 aliphatic carbocycles. The summed E-state index contributed by atoms with van der Waals surface area (Å²) in [5.41, 5.74) is 2.93. The molecule has 0 fully saturated rings. The van der Waals surface area contributed by atoms with E-state index in [9.17, 15) is 9.59 Å².